The second-order valence-electron chi connectivity index (χ2n) is 12.3. The Morgan fingerprint density at radius 1 is 0.367 bits per heavy atom. The van der Waals surface area contributed by atoms with E-state index in [1.54, 1.807) is 0 Å². The van der Waals surface area contributed by atoms with Gasteiger partial charge in [0.05, 0.1) is 40.0 Å². The van der Waals surface area contributed by atoms with Gasteiger partial charge in [0.1, 0.15) is 0 Å². The molecule has 0 aliphatic rings. The van der Waals surface area contributed by atoms with Crippen molar-refractivity contribution < 1.29 is 0 Å². The molecule has 49 heavy (non-hydrogen) atoms. The number of para-hydroxylation sites is 2. The van der Waals surface area contributed by atoms with E-state index in [2.05, 4.69) is 144 Å². The SMILES string of the molecule is N#Cc1cc(-c2c(C#N)cccc2-n2c3ccccc3c3ccccc32)ccc1-c1c2ccccc2c(-c2ccccc2)c2ccccc12. The summed E-state index contributed by atoms with van der Waals surface area (Å²) in [7, 11) is 0. The fraction of sp³-hybridized carbons (Fsp3) is 0. The Bertz CT molecular complexity index is 2740. The number of hydrogen-bond donors (Lipinski definition) is 0. The maximum atomic E-state index is 10.8. The van der Waals surface area contributed by atoms with Gasteiger partial charge >= 0.3 is 0 Å². The van der Waals surface area contributed by atoms with Crippen LogP contribution in [0, 0.1) is 22.7 Å². The van der Waals surface area contributed by atoms with Crippen molar-refractivity contribution in [1.29, 1.82) is 10.5 Å². The van der Waals surface area contributed by atoms with Crippen LogP contribution in [0.1, 0.15) is 11.1 Å². The molecule has 0 saturated heterocycles. The van der Waals surface area contributed by atoms with Crippen molar-refractivity contribution in [3.05, 3.63) is 175 Å². The Hall–Kier alpha value is -6.94. The molecule has 0 unspecified atom stereocenters. The van der Waals surface area contributed by atoms with Crippen molar-refractivity contribution >= 4 is 43.4 Å². The molecule has 0 radical (unpaired) electrons. The zero-order valence-electron chi connectivity index (χ0n) is 26.4. The zero-order valence-corrected chi connectivity index (χ0v) is 26.4. The fourth-order valence-electron chi connectivity index (χ4n) is 7.65. The van der Waals surface area contributed by atoms with E-state index >= 15 is 0 Å². The van der Waals surface area contributed by atoms with Gasteiger partial charge in [-0.2, -0.15) is 10.5 Å². The Balaban J connectivity index is 1.32. The smallest absolute Gasteiger partial charge is 0.0998 e. The van der Waals surface area contributed by atoms with Crippen molar-refractivity contribution in [3.63, 3.8) is 0 Å². The van der Waals surface area contributed by atoms with Crippen LogP contribution < -0.4 is 0 Å². The monoisotopic (exact) mass is 621 g/mol. The summed E-state index contributed by atoms with van der Waals surface area (Å²) in [6, 6.07) is 61.1. The molecule has 1 aromatic heterocycles. The maximum absolute atomic E-state index is 10.8. The minimum absolute atomic E-state index is 0.555. The number of nitrogens with zero attached hydrogens (tertiary/aromatic N) is 3. The van der Waals surface area contributed by atoms with Crippen molar-refractivity contribution in [2.75, 3.05) is 0 Å². The second kappa shape index (κ2) is 11.4. The van der Waals surface area contributed by atoms with Crippen LogP contribution in [0.3, 0.4) is 0 Å². The summed E-state index contributed by atoms with van der Waals surface area (Å²) in [6.07, 6.45) is 0. The van der Waals surface area contributed by atoms with E-state index in [9.17, 15) is 10.5 Å². The molecule has 0 fully saturated rings. The third kappa shape index (κ3) is 4.35. The van der Waals surface area contributed by atoms with Crippen LogP contribution in [0.15, 0.2) is 164 Å². The molecular formula is C46H27N3. The van der Waals surface area contributed by atoms with Crippen molar-refractivity contribution in [2.24, 2.45) is 0 Å². The van der Waals surface area contributed by atoms with Crippen molar-refractivity contribution in [2.45, 2.75) is 0 Å². The van der Waals surface area contributed by atoms with Crippen molar-refractivity contribution in [1.82, 2.24) is 4.57 Å². The molecule has 0 amide bonds. The van der Waals surface area contributed by atoms with E-state index in [-0.39, 0.29) is 0 Å². The molecule has 3 nitrogen and oxygen atoms in total. The van der Waals surface area contributed by atoms with E-state index in [1.807, 2.05) is 36.4 Å². The van der Waals surface area contributed by atoms with Crippen LogP contribution in [0.25, 0.3) is 82.4 Å². The lowest BCUT2D eigenvalue weighted by Gasteiger charge is -2.19. The molecule has 3 heteroatoms. The lowest BCUT2D eigenvalue weighted by Crippen LogP contribution is -2.00. The van der Waals surface area contributed by atoms with Crippen LogP contribution in [0.4, 0.5) is 0 Å². The molecule has 0 N–H and O–H groups in total. The highest BCUT2D eigenvalue weighted by molar-refractivity contribution is 6.22. The summed E-state index contributed by atoms with van der Waals surface area (Å²) < 4.78 is 2.24. The lowest BCUT2D eigenvalue weighted by atomic mass is 9.84. The molecule has 1 heterocycles. The van der Waals surface area contributed by atoms with E-state index in [0.717, 1.165) is 76.9 Å². The number of rotatable bonds is 4. The number of benzene rings is 8. The van der Waals surface area contributed by atoms with Gasteiger partial charge in [-0.05, 0) is 74.1 Å². The van der Waals surface area contributed by atoms with Gasteiger partial charge in [-0.3, -0.25) is 0 Å². The van der Waals surface area contributed by atoms with Crippen LogP contribution >= 0.6 is 0 Å². The lowest BCUT2D eigenvalue weighted by molar-refractivity contribution is 1.18. The molecule has 0 spiro atoms. The van der Waals surface area contributed by atoms with Gasteiger partial charge in [-0.1, -0.05) is 133 Å². The maximum Gasteiger partial charge on any atom is 0.0998 e. The molecule has 0 bridgehead atoms. The molecule has 0 saturated carbocycles. The summed E-state index contributed by atoms with van der Waals surface area (Å²) >= 11 is 0. The van der Waals surface area contributed by atoms with Crippen LogP contribution in [-0.2, 0) is 0 Å². The molecule has 0 aliphatic heterocycles. The minimum Gasteiger partial charge on any atom is -0.309 e. The molecule has 0 atom stereocenters. The third-order valence-electron chi connectivity index (χ3n) is 9.68. The first kappa shape index (κ1) is 28.3. The average Bonchev–Trinajstić information content (AvgIpc) is 3.51. The standard InChI is InChI=1S/C46H27N3/c47-28-32-15-12-24-43(49-41-22-10-8-16-35(41)36-17-9-11-23-42(36)49)44(32)31-25-26-34(33(27-31)29-48)46-39-20-6-4-18-37(39)45(30-13-2-1-3-14-30)38-19-5-7-21-40(38)46/h1-27H. The molecule has 226 valence electrons. The number of fused-ring (bicyclic) bond motifs is 5. The van der Waals surface area contributed by atoms with Gasteiger partial charge in [0, 0.05) is 21.9 Å². The molecule has 9 aromatic rings. The largest absolute Gasteiger partial charge is 0.309 e. The molecule has 8 aromatic carbocycles. The molecule has 0 aliphatic carbocycles. The average molecular weight is 622 g/mol. The van der Waals surface area contributed by atoms with E-state index in [4.69, 9.17) is 0 Å². The fourth-order valence-corrected chi connectivity index (χ4v) is 7.65. The summed E-state index contributed by atoms with van der Waals surface area (Å²) in [4.78, 5) is 0. The Kier molecular flexibility index (Phi) is 6.58. The van der Waals surface area contributed by atoms with E-state index in [1.165, 1.54) is 5.56 Å². The summed E-state index contributed by atoms with van der Waals surface area (Å²) in [5, 5.41) is 27.9. The third-order valence-corrected chi connectivity index (χ3v) is 9.68. The highest BCUT2D eigenvalue weighted by Gasteiger charge is 2.21. The van der Waals surface area contributed by atoms with Gasteiger partial charge in [-0.25, -0.2) is 0 Å². The van der Waals surface area contributed by atoms with Gasteiger partial charge in [0.15, 0.2) is 0 Å². The first-order valence-electron chi connectivity index (χ1n) is 16.3. The minimum atomic E-state index is 0.555. The van der Waals surface area contributed by atoms with Crippen LogP contribution in [0.2, 0.25) is 0 Å². The van der Waals surface area contributed by atoms with Crippen LogP contribution in [0.5, 0.6) is 0 Å². The normalized spacial score (nSPS) is 11.2. The summed E-state index contributed by atoms with van der Waals surface area (Å²) in [5.41, 5.74) is 10.00. The number of nitriles is 2. The van der Waals surface area contributed by atoms with Crippen LogP contribution in [-0.4, -0.2) is 4.57 Å². The van der Waals surface area contributed by atoms with Crippen molar-refractivity contribution in [3.8, 4) is 51.2 Å². The Morgan fingerprint density at radius 3 is 1.45 bits per heavy atom. The first-order chi connectivity index (χ1) is 24.3. The highest BCUT2D eigenvalue weighted by Crippen LogP contribution is 2.45. The first-order valence-corrected chi connectivity index (χ1v) is 16.3. The number of hydrogen-bond acceptors (Lipinski definition) is 2. The number of aromatic nitrogens is 1. The van der Waals surface area contributed by atoms with E-state index in [0.29, 0.717) is 11.1 Å². The Labute approximate surface area is 283 Å². The van der Waals surface area contributed by atoms with Gasteiger partial charge in [0.2, 0.25) is 0 Å². The van der Waals surface area contributed by atoms with Gasteiger partial charge in [-0.15, -0.1) is 0 Å². The zero-order chi connectivity index (χ0) is 32.9. The molecular weight excluding hydrogens is 595 g/mol. The second-order valence-corrected chi connectivity index (χ2v) is 12.3. The predicted octanol–water partition coefficient (Wildman–Crippen LogP) is 11.8. The molecule has 9 rings (SSSR count). The quantitative estimate of drug-likeness (QED) is 0.184. The van der Waals surface area contributed by atoms with E-state index < -0.39 is 0 Å². The topological polar surface area (TPSA) is 52.5 Å². The summed E-state index contributed by atoms with van der Waals surface area (Å²) in [6.45, 7) is 0. The summed E-state index contributed by atoms with van der Waals surface area (Å²) in [5.74, 6) is 0. The van der Waals surface area contributed by atoms with Gasteiger partial charge in [0.25, 0.3) is 0 Å². The predicted molar refractivity (Wildman–Crippen MR) is 202 cm³/mol. The highest BCUT2D eigenvalue weighted by atomic mass is 15.0. The van der Waals surface area contributed by atoms with Gasteiger partial charge < -0.3 is 4.57 Å². The Morgan fingerprint density at radius 2 is 0.878 bits per heavy atom.